The molecule has 0 fully saturated rings. The molecule has 0 aliphatic carbocycles. The first kappa shape index (κ1) is 17.9. The standard InChI is InChI=1S/C22H17F2N3O/c23-17-9-16(10-18(24)12-17)8-14-3-5-15(6-4-14)11-19-13-21(28-27-19)20-2-1-7-26-22(20)25/h1-7,9-10,12-13H,8,11H2,(H2,25,26). The van der Waals surface area contributed by atoms with E-state index >= 15 is 0 Å². The second-order valence-electron chi connectivity index (χ2n) is 6.57. The van der Waals surface area contributed by atoms with Gasteiger partial charge in [-0.2, -0.15) is 0 Å². The molecule has 0 saturated heterocycles. The minimum absolute atomic E-state index is 0.392. The van der Waals surface area contributed by atoms with Gasteiger partial charge in [-0.1, -0.05) is 29.4 Å². The third kappa shape index (κ3) is 4.06. The maximum Gasteiger partial charge on any atom is 0.170 e. The molecular formula is C22H17F2N3O. The molecule has 0 spiro atoms. The number of nitrogens with two attached hydrogens (primary N) is 1. The van der Waals surface area contributed by atoms with E-state index in [1.807, 2.05) is 36.4 Å². The van der Waals surface area contributed by atoms with Crippen LogP contribution in [-0.2, 0) is 12.8 Å². The van der Waals surface area contributed by atoms with Crippen LogP contribution in [0.5, 0.6) is 0 Å². The lowest BCUT2D eigenvalue weighted by atomic mass is 10.0. The Balaban J connectivity index is 1.46. The first-order valence-corrected chi connectivity index (χ1v) is 8.76. The summed E-state index contributed by atoms with van der Waals surface area (Å²) in [5, 5.41) is 4.10. The quantitative estimate of drug-likeness (QED) is 0.544. The average molecular weight is 377 g/mol. The Labute approximate surface area is 160 Å². The van der Waals surface area contributed by atoms with Gasteiger partial charge in [0.25, 0.3) is 0 Å². The van der Waals surface area contributed by atoms with Gasteiger partial charge in [-0.05, 0) is 47.4 Å². The Morgan fingerprint density at radius 3 is 2.18 bits per heavy atom. The van der Waals surface area contributed by atoms with Crippen molar-refractivity contribution in [2.24, 2.45) is 0 Å². The second-order valence-corrected chi connectivity index (χ2v) is 6.57. The van der Waals surface area contributed by atoms with Gasteiger partial charge in [0.1, 0.15) is 17.5 Å². The molecule has 4 aromatic rings. The van der Waals surface area contributed by atoms with Crippen LogP contribution in [-0.4, -0.2) is 10.1 Å². The van der Waals surface area contributed by atoms with E-state index in [0.717, 1.165) is 22.9 Å². The first-order valence-electron chi connectivity index (χ1n) is 8.76. The van der Waals surface area contributed by atoms with E-state index in [-0.39, 0.29) is 0 Å². The van der Waals surface area contributed by atoms with Crippen molar-refractivity contribution in [3.63, 3.8) is 0 Å². The summed E-state index contributed by atoms with van der Waals surface area (Å²) < 4.78 is 32.0. The number of aromatic nitrogens is 2. The maximum atomic E-state index is 13.3. The topological polar surface area (TPSA) is 64.9 Å². The number of halogens is 2. The van der Waals surface area contributed by atoms with Crippen LogP contribution in [0.25, 0.3) is 11.3 Å². The fourth-order valence-electron chi connectivity index (χ4n) is 3.08. The molecular weight excluding hydrogens is 360 g/mol. The van der Waals surface area contributed by atoms with Crippen molar-refractivity contribution in [2.75, 3.05) is 5.73 Å². The molecule has 0 aliphatic rings. The highest BCUT2D eigenvalue weighted by molar-refractivity contribution is 5.69. The van der Waals surface area contributed by atoms with Crippen LogP contribution in [0.3, 0.4) is 0 Å². The molecule has 2 aromatic heterocycles. The van der Waals surface area contributed by atoms with E-state index < -0.39 is 11.6 Å². The zero-order valence-corrected chi connectivity index (χ0v) is 14.9. The molecule has 0 bridgehead atoms. The molecule has 0 aliphatic heterocycles. The van der Waals surface area contributed by atoms with Crippen LogP contribution in [0.2, 0.25) is 0 Å². The second kappa shape index (κ2) is 7.60. The minimum atomic E-state index is -0.567. The van der Waals surface area contributed by atoms with Crippen LogP contribution in [0.4, 0.5) is 14.6 Å². The minimum Gasteiger partial charge on any atom is -0.383 e. The summed E-state index contributed by atoms with van der Waals surface area (Å²) in [6.07, 6.45) is 2.68. The number of nitrogens with zero attached hydrogens (tertiary/aromatic N) is 2. The summed E-state index contributed by atoms with van der Waals surface area (Å²) in [6, 6.07) is 16.9. The highest BCUT2D eigenvalue weighted by Gasteiger charge is 2.11. The lowest BCUT2D eigenvalue weighted by molar-refractivity contribution is 0.425. The smallest absolute Gasteiger partial charge is 0.170 e. The predicted molar refractivity (Wildman–Crippen MR) is 103 cm³/mol. The van der Waals surface area contributed by atoms with Gasteiger partial charge in [0.05, 0.1) is 11.3 Å². The SMILES string of the molecule is Nc1ncccc1-c1cc(Cc2ccc(Cc3cc(F)cc(F)c3)cc2)no1. The van der Waals surface area contributed by atoms with Gasteiger partial charge < -0.3 is 10.3 Å². The van der Waals surface area contributed by atoms with E-state index in [0.29, 0.717) is 35.5 Å². The Bertz CT molecular complexity index is 1090. The lowest BCUT2D eigenvalue weighted by Crippen LogP contribution is -1.93. The predicted octanol–water partition coefficient (Wildman–Crippen LogP) is 4.78. The molecule has 2 N–H and O–H groups in total. The summed E-state index contributed by atoms with van der Waals surface area (Å²) in [7, 11) is 0. The summed E-state index contributed by atoms with van der Waals surface area (Å²) >= 11 is 0. The summed E-state index contributed by atoms with van der Waals surface area (Å²) in [5.41, 5.74) is 9.97. The van der Waals surface area contributed by atoms with Gasteiger partial charge >= 0.3 is 0 Å². The van der Waals surface area contributed by atoms with Crippen molar-refractivity contribution in [3.8, 4) is 11.3 Å². The number of hydrogen-bond donors (Lipinski definition) is 1. The van der Waals surface area contributed by atoms with Crippen molar-refractivity contribution in [3.05, 3.63) is 101 Å². The Kier molecular flexibility index (Phi) is 4.85. The van der Waals surface area contributed by atoms with Crippen molar-refractivity contribution in [1.82, 2.24) is 10.1 Å². The van der Waals surface area contributed by atoms with Crippen molar-refractivity contribution < 1.29 is 13.3 Å². The van der Waals surface area contributed by atoms with E-state index in [4.69, 9.17) is 10.3 Å². The van der Waals surface area contributed by atoms with Gasteiger partial charge in [-0.25, -0.2) is 13.8 Å². The van der Waals surface area contributed by atoms with Crippen molar-refractivity contribution >= 4 is 5.82 Å². The Morgan fingerprint density at radius 2 is 1.50 bits per heavy atom. The van der Waals surface area contributed by atoms with Crippen molar-refractivity contribution in [2.45, 2.75) is 12.8 Å². The van der Waals surface area contributed by atoms with E-state index in [2.05, 4.69) is 10.1 Å². The Morgan fingerprint density at radius 1 is 0.821 bits per heavy atom. The van der Waals surface area contributed by atoms with E-state index in [1.54, 1.807) is 12.3 Å². The van der Waals surface area contributed by atoms with Gasteiger partial charge in [0, 0.05) is 24.8 Å². The molecule has 2 aromatic carbocycles. The number of hydrogen-bond acceptors (Lipinski definition) is 4. The Hall–Kier alpha value is -3.54. The van der Waals surface area contributed by atoms with Crippen LogP contribution in [0, 0.1) is 11.6 Å². The molecule has 6 heteroatoms. The van der Waals surface area contributed by atoms with Crippen molar-refractivity contribution in [1.29, 1.82) is 0 Å². The summed E-state index contributed by atoms with van der Waals surface area (Å²) in [6.45, 7) is 0. The van der Waals surface area contributed by atoms with Crippen LogP contribution in [0.15, 0.2) is 71.4 Å². The van der Waals surface area contributed by atoms with Gasteiger partial charge in [0.15, 0.2) is 5.76 Å². The fraction of sp³-hybridized carbons (Fsp3) is 0.0909. The average Bonchev–Trinajstić information content (AvgIpc) is 3.11. The third-order valence-electron chi connectivity index (χ3n) is 4.40. The zero-order valence-electron chi connectivity index (χ0n) is 14.9. The zero-order chi connectivity index (χ0) is 19.5. The molecule has 0 atom stereocenters. The molecule has 0 unspecified atom stereocenters. The molecule has 28 heavy (non-hydrogen) atoms. The van der Waals surface area contributed by atoms with Crippen LogP contribution >= 0.6 is 0 Å². The molecule has 0 radical (unpaired) electrons. The highest BCUT2D eigenvalue weighted by atomic mass is 19.1. The molecule has 2 heterocycles. The van der Waals surface area contributed by atoms with Gasteiger partial charge in [-0.3, -0.25) is 0 Å². The molecule has 140 valence electrons. The fourth-order valence-corrected chi connectivity index (χ4v) is 3.08. The first-order chi connectivity index (χ1) is 13.6. The molecule has 4 rings (SSSR count). The van der Waals surface area contributed by atoms with Crippen LogP contribution < -0.4 is 5.73 Å². The van der Waals surface area contributed by atoms with Gasteiger partial charge in [0.2, 0.25) is 0 Å². The van der Waals surface area contributed by atoms with E-state index in [9.17, 15) is 8.78 Å². The molecule has 4 nitrogen and oxygen atoms in total. The number of nitrogen functional groups attached to an aromatic ring is 1. The number of benzene rings is 2. The normalized spacial score (nSPS) is 10.9. The highest BCUT2D eigenvalue weighted by Crippen LogP contribution is 2.25. The lowest BCUT2D eigenvalue weighted by Gasteiger charge is -2.04. The maximum absolute atomic E-state index is 13.3. The number of pyridine rings is 1. The van der Waals surface area contributed by atoms with Crippen LogP contribution in [0.1, 0.15) is 22.4 Å². The summed E-state index contributed by atoms with van der Waals surface area (Å²) in [5.74, 6) is -0.167. The third-order valence-corrected chi connectivity index (χ3v) is 4.40. The van der Waals surface area contributed by atoms with E-state index in [1.165, 1.54) is 12.1 Å². The van der Waals surface area contributed by atoms with Gasteiger partial charge in [-0.15, -0.1) is 0 Å². The largest absolute Gasteiger partial charge is 0.383 e. The molecule has 0 saturated carbocycles. The summed E-state index contributed by atoms with van der Waals surface area (Å²) in [4.78, 5) is 4.05. The monoisotopic (exact) mass is 377 g/mol. The number of anilines is 1. The molecule has 0 amide bonds. The number of rotatable bonds is 5.